The standard InChI is InChI=1S/C7H4Cl2FNO/c8-5-2-1-4(10)3-6(5)11-7(9)12/h1-3H,(H,11,12). The zero-order chi connectivity index (χ0) is 9.14. The van der Waals surface area contributed by atoms with Crippen LogP contribution in [0, 0.1) is 5.82 Å². The molecule has 0 spiro atoms. The number of hydrogen-bond acceptors (Lipinski definition) is 1. The molecule has 0 aromatic heterocycles. The van der Waals surface area contributed by atoms with E-state index in [1.807, 2.05) is 0 Å². The smallest absolute Gasteiger partial charge is 0.311 e. The third kappa shape index (κ3) is 2.36. The van der Waals surface area contributed by atoms with Gasteiger partial charge < -0.3 is 5.32 Å². The Hall–Kier alpha value is -0.800. The normalized spacial score (nSPS) is 9.58. The lowest BCUT2D eigenvalue weighted by atomic mass is 10.3. The Morgan fingerprint density at radius 2 is 2.17 bits per heavy atom. The summed E-state index contributed by atoms with van der Waals surface area (Å²) in [7, 11) is 0. The highest BCUT2D eigenvalue weighted by Crippen LogP contribution is 2.22. The van der Waals surface area contributed by atoms with Crippen LogP contribution in [-0.2, 0) is 0 Å². The van der Waals surface area contributed by atoms with E-state index in [1.165, 1.54) is 12.1 Å². The van der Waals surface area contributed by atoms with Crippen molar-refractivity contribution in [3.8, 4) is 0 Å². The third-order valence-corrected chi connectivity index (χ3v) is 1.59. The lowest BCUT2D eigenvalue weighted by molar-refractivity contribution is 0.269. The molecule has 1 aromatic carbocycles. The predicted molar refractivity (Wildman–Crippen MR) is 46.3 cm³/mol. The maximum atomic E-state index is 12.5. The molecule has 0 heterocycles. The van der Waals surface area contributed by atoms with Crippen LogP contribution in [-0.4, -0.2) is 5.37 Å². The first-order valence-electron chi connectivity index (χ1n) is 3.01. The number of halogens is 3. The van der Waals surface area contributed by atoms with Crippen molar-refractivity contribution in [2.75, 3.05) is 5.32 Å². The molecule has 1 amide bonds. The lowest BCUT2D eigenvalue weighted by Crippen LogP contribution is -2.01. The van der Waals surface area contributed by atoms with E-state index in [0.29, 0.717) is 0 Å². The van der Waals surface area contributed by atoms with Crippen molar-refractivity contribution in [3.63, 3.8) is 0 Å². The van der Waals surface area contributed by atoms with Gasteiger partial charge in [0.2, 0.25) is 0 Å². The summed E-state index contributed by atoms with van der Waals surface area (Å²) >= 11 is 10.6. The van der Waals surface area contributed by atoms with Gasteiger partial charge in [-0.15, -0.1) is 0 Å². The van der Waals surface area contributed by atoms with E-state index in [4.69, 9.17) is 23.2 Å². The monoisotopic (exact) mass is 207 g/mol. The van der Waals surface area contributed by atoms with Crippen LogP contribution in [0.5, 0.6) is 0 Å². The summed E-state index contributed by atoms with van der Waals surface area (Å²) in [5.74, 6) is -0.486. The maximum absolute atomic E-state index is 12.5. The Labute approximate surface area is 78.3 Å². The third-order valence-electron chi connectivity index (χ3n) is 1.16. The second-order valence-electron chi connectivity index (χ2n) is 2.02. The van der Waals surface area contributed by atoms with Crippen LogP contribution in [0.15, 0.2) is 18.2 Å². The second kappa shape index (κ2) is 3.74. The van der Waals surface area contributed by atoms with Gasteiger partial charge in [0.15, 0.2) is 0 Å². The van der Waals surface area contributed by atoms with Crippen molar-refractivity contribution >= 4 is 34.3 Å². The topological polar surface area (TPSA) is 29.1 Å². The summed E-state index contributed by atoms with van der Waals surface area (Å²) in [5.41, 5.74) is 0.164. The van der Waals surface area contributed by atoms with E-state index < -0.39 is 11.2 Å². The molecule has 0 aliphatic heterocycles. The number of carbonyl (C=O) groups excluding carboxylic acids is 1. The molecule has 2 nitrogen and oxygen atoms in total. The molecule has 0 aliphatic carbocycles. The molecule has 1 aromatic rings. The molecule has 0 fully saturated rings. The summed E-state index contributed by atoms with van der Waals surface area (Å²) in [5, 5.41) is 1.61. The average Bonchev–Trinajstić information content (AvgIpc) is 1.96. The van der Waals surface area contributed by atoms with Crippen LogP contribution in [0.2, 0.25) is 5.02 Å². The van der Waals surface area contributed by atoms with Crippen LogP contribution in [0.25, 0.3) is 0 Å². The highest BCUT2D eigenvalue weighted by atomic mass is 35.5. The quantitative estimate of drug-likeness (QED) is 0.556. The van der Waals surface area contributed by atoms with Crippen LogP contribution in [0.3, 0.4) is 0 Å². The molecule has 5 heteroatoms. The van der Waals surface area contributed by atoms with E-state index in [-0.39, 0.29) is 10.7 Å². The van der Waals surface area contributed by atoms with Crippen molar-refractivity contribution < 1.29 is 9.18 Å². The first-order valence-corrected chi connectivity index (χ1v) is 3.77. The van der Waals surface area contributed by atoms with E-state index >= 15 is 0 Å². The van der Waals surface area contributed by atoms with Gasteiger partial charge in [0.1, 0.15) is 5.82 Å². The maximum Gasteiger partial charge on any atom is 0.318 e. The predicted octanol–water partition coefficient (Wildman–Crippen LogP) is 3.25. The molecular formula is C7H4Cl2FNO. The minimum Gasteiger partial charge on any atom is -0.311 e. The number of anilines is 1. The highest BCUT2D eigenvalue weighted by molar-refractivity contribution is 6.66. The van der Waals surface area contributed by atoms with Gasteiger partial charge in [0.25, 0.3) is 0 Å². The first-order chi connectivity index (χ1) is 5.59. The number of rotatable bonds is 1. The Bertz CT molecular complexity index is 316. The Balaban J connectivity index is 2.97. The van der Waals surface area contributed by atoms with Crippen molar-refractivity contribution in [1.82, 2.24) is 0 Å². The summed E-state index contributed by atoms with van der Waals surface area (Å²) in [6.45, 7) is 0. The molecule has 0 atom stereocenters. The zero-order valence-electron chi connectivity index (χ0n) is 5.77. The fourth-order valence-electron chi connectivity index (χ4n) is 0.699. The van der Waals surface area contributed by atoms with Gasteiger partial charge in [0.05, 0.1) is 10.7 Å². The SMILES string of the molecule is O=C(Cl)Nc1cc(F)ccc1Cl. The number of carbonyl (C=O) groups is 1. The largest absolute Gasteiger partial charge is 0.318 e. The van der Waals surface area contributed by atoms with Crippen molar-refractivity contribution in [2.45, 2.75) is 0 Å². The first kappa shape index (κ1) is 9.29. The zero-order valence-corrected chi connectivity index (χ0v) is 7.29. The number of nitrogens with one attached hydrogen (secondary N) is 1. The molecule has 12 heavy (non-hydrogen) atoms. The molecule has 1 rings (SSSR count). The summed E-state index contributed by atoms with van der Waals surface area (Å²) in [4.78, 5) is 10.3. The van der Waals surface area contributed by atoms with Crippen LogP contribution in [0.1, 0.15) is 0 Å². The summed E-state index contributed by atoms with van der Waals surface area (Å²) in [6, 6.07) is 3.61. The molecule has 0 radical (unpaired) electrons. The fourth-order valence-corrected chi connectivity index (χ4v) is 0.966. The van der Waals surface area contributed by atoms with Gasteiger partial charge in [-0.05, 0) is 29.8 Å². The van der Waals surface area contributed by atoms with Crippen LogP contribution < -0.4 is 5.32 Å². The number of benzene rings is 1. The van der Waals surface area contributed by atoms with Crippen molar-refractivity contribution in [2.24, 2.45) is 0 Å². The van der Waals surface area contributed by atoms with Gasteiger partial charge in [0, 0.05) is 0 Å². The Morgan fingerprint density at radius 1 is 1.50 bits per heavy atom. The van der Waals surface area contributed by atoms with E-state index in [0.717, 1.165) is 6.07 Å². The average molecular weight is 208 g/mol. The molecule has 1 N–H and O–H groups in total. The molecule has 64 valence electrons. The minimum absolute atomic E-state index is 0.164. The van der Waals surface area contributed by atoms with Gasteiger partial charge in [-0.25, -0.2) is 4.39 Å². The van der Waals surface area contributed by atoms with Crippen LogP contribution in [0.4, 0.5) is 14.9 Å². The van der Waals surface area contributed by atoms with E-state index in [1.54, 1.807) is 0 Å². The minimum atomic E-state index is -0.803. The van der Waals surface area contributed by atoms with E-state index in [2.05, 4.69) is 5.32 Å². The number of hydrogen-bond donors (Lipinski definition) is 1. The molecule has 0 saturated carbocycles. The van der Waals surface area contributed by atoms with Gasteiger partial charge >= 0.3 is 5.37 Å². The van der Waals surface area contributed by atoms with E-state index in [9.17, 15) is 9.18 Å². The van der Waals surface area contributed by atoms with Crippen LogP contribution >= 0.6 is 23.2 Å². The van der Waals surface area contributed by atoms with Crippen molar-refractivity contribution in [1.29, 1.82) is 0 Å². The molecule has 0 bridgehead atoms. The number of amides is 1. The Morgan fingerprint density at radius 3 is 2.75 bits per heavy atom. The van der Waals surface area contributed by atoms with Gasteiger partial charge in [-0.3, -0.25) is 4.79 Å². The summed E-state index contributed by atoms with van der Waals surface area (Å²) in [6.07, 6.45) is 0. The lowest BCUT2D eigenvalue weighted by Gasteiger charge is -2.02. The summed E-state index contributed by atoms with van der Waals surface area (Å²) < 4.78 is 12.5. The molecule has 0 aliphatic rings. The van der Waals surface area contributed by atoms with Gasteiger partial charge in [-0.2, -0.15) is 0 Å². The molecule has 0 unspecified atom stereocenters. The second-order valence-corrected chi connectivity index (χ2v) is 2.77. The Kier molecular flexibility index (Phi) is 2.89. The van der Waals surface area contributed by atoms with Crippen molar-refractivity contribution in [3.05, 3.63) is 29.0 Å². The highest BCUT2D eigenvalue weighted by Gasteiger charge is 2.03. The molecule has 0 saturated heterocycles. The fraction of sp³-hybridized carbons (Fsp3) is 0. The molecular weight excluding hydrogens is 204 g/mol. The van der Waals surface area contributed by atoms with Gasteiger partial charge in [-0.1, -0.05) is 11.6 Å².